The first kappa shape index (κ1) is 13.2. The quantitative estimate of drug-likeness (QED) is 0.829. The maximum atomic E-state index is 12.0. The van der Waals surface area contributed by atoms with Gasteiger partial charge in [0.15, 0.2) is 11.5 Å². The summed E-state index contributed by atoms with van der Waals surface area (Å²) in [5.74, 6) is -1.04. The third kappa shape index (κ3) is 2.71. The molecule has 2 atom stereocenters. The smallest absolute Gasteiger partial charge is 0.310 e. The van der Waals surface area contributed by atoms with Crippen molar-refractivity contribution in [3.05, 3.63) is 42.3 Å². The van der Waals surface area contributed by atoms with Gasteiger partial charge in [-0.2, -0.15) is 0 Å². The second kappa shape index (κ2) is 5.28. The van der Waals surface area contributed by atoms with E-state index >= 15 is 0 Å². The van der Waals surface area contributed by atoms with Crippen LogP contribution in [0, 0.1) is 5.92 Å². The minimum absolute atomic E-state index is 0.119. The highest BCUT2D eigenvalue weighted by atomic mass is 16.5. The molecule has 2 unspecified atom stereocenters. The lowest BCUT2D eigenvalue weighted by Gasteiger charge is -2.10. The Hall–Kier alpha value is -2.83. The van der Waals surface area contributed by atoms with Gasteiger partial charge >= 0.3 is 5.97 Å². The fourth-order valence-electron chi connectivity index (χ4n) is 2.15. The molecule has 108 valence electrons. The number of hydrogen-bond acceptors (Lipinski definition) is 5. The fourth-order valence-corrected chi connectivity index (χ4v) is 2.15. The largest absolute Gasteiger partial charge is 0.481 e. The van der Waals surface area contributed by atoms with Crippen molar-refractivity contribution in [2.24, 2.45) is 5.92 Å². The van der Waals surface area contributed by atoms with Gasteiger partial charge in [0.25, 0.3) is 5.91 Å². The number of carbonyl (C=O) groups excluding carboxylic acids is 1. The Morgan fingerprint density at radius 1 is 1.33 bits per heavy atom. The molecule has 0 radical (unpaired) electrons. The number of amides is 1. The molecule has 0 aliphatic heterocycles. The van der Waals surface area contributed by atoms with Gasteiger partial charge < -0.3 is 19.4 Å². The van der Waals surface area contributed by atoms with Crippen LogP contribution < -0.4 is 5.32 Å². The monoisotopic (exact) mass is 288 g/mol. The lowest BCUT2D eigenvalue weighted by atomic mass is 10.1. The maximum absolute atomic E-state index is 12.0. The number of hydrogen-bond donors (Lipinski definition) is 2. The zero-order chi connectivity index (χ0) is 14.8. The van der Waals surface area contributed by atoms with Gasteiger partial charge in [0.1, 0.15) is 0 Å². The molecule has 2 heterocycles. The van der Waals surface area contributed by atoms with Crippen molar-refractivity contribution in [1.82, 2.24) is 10.5 Å². The summed E-state index contributed by atoms with van der Waals surface area (Å²) in [7, 11) is 0. The molecule has 0 saturated carbocycles. The van der Waals surface area contributed by atoms with E-state index in [0.717, 1.165) is 0 Å². The van der Waals surface area contributed by atoms with E-state index in [9.17, 15) is 9.59 Å². The van der Waals surface area contributed by atoms with Crippen LogP contribution in [0.4, 0.5) is 0 Å². The van der Waals surface area contributed by atoms with Gasteiger partial charge in [0, 0.05) is 12.1 Å². The summed E-state index contributed by atoms with van der Waals surface area (Å²) in [6.07, 6.45) is 5.07. The SMILES string of the molecule is O=C(NC1C=CC(C(=O)O)C1)c1cc(-c2ccco2)on1. The second-order valence-corrected chi connectivity index (χ2v) is 4.70. The van der Waals surface area contributed by atoms with Crippen LogP contribution in [0.2, 0.25) is 0 Å². The van der Waals surface area contributed by atoms with Crippen molar-refractivity contribution in [3.63, 3.8) is 0 Å². The minimum Gasteiger partial charge on any atom is -0.481 e. The molecule has 21 heavy (non-hydrogen) atoms. The summed E-state index contributed by atoms with van der Waals surface area (Å²) >= 11 is 0. The molecule has 1 aliphatic carbocycles. The first-order valence-corrected chi connectivity index (χ1v) is 6.36. The number of carboxylic acids is 1. The van der Waals surface area contributed by atoms with E-state index in [0.29, 0.717) is 17.9 Å². The molecule has 0 saturated heterocycles. The van der Waals surface area contributed by atoms with E-state index in [-0.39, 0.29) is 11.7 Å². The summed E-state index contributed by atoms with van der Waals surface area (Å²) in [6.45, 7) is 0. The van der Waals surface area contributed by atoms with E-state index in [1.54, 1.807) is 24.3 Å². The van der Waals surface area contributed by atoms with Crippen LogP contribution in [-0.2, 0) is 4.79 Å². The Labute approximate surface area is 119 Å². The predicted octanol–water partition coefficient (Wildman–Crippen LogP) is 1.69. The summed E-state index contributed by atoms with van der Waals surface area (Å²) in [5.41, 5.74) is 0.119. The van der Waals surface area contributed by atoms with Crippen LogP contribution >= 0.6 is 0 Å². The fraction of sp³-hybridized carbons (Fsp3) is 0.214. The number of furan rings is 1. The zero-order valence-electron chi connectivity index (χ0n) is 10.9. The van der Waals surface area contributed by atoms with E-state index in [2.05, 4.69) is 10.5 Å². The molecule has 1 aliphatic rings. The molecule has 7 heteroatoms. The number of aliphatic carboxylic acids is 1. The first-order valence-electron chi connectivity index (χ1n) is 6.36. The Morgan fingerprint density at radius 2 is 2.19 bits per heavy atom. The number of nitrogens with zero attached hydrogens (tertiary/aromatic N) is 1. The molecule has 7 nitrogen and oxygen atoms in total. The van der Waals surface area contributed by atoms with Gasteiger partial charge in [0.2, 0.25) is 5.76 Å². The van der Waals surface area contributed by atoms with Crippen LogP contribution in [0.15, 0.2) is 45.6 Å². The molecule has 0 fully saturated rings. The van der Waals surface area contributed by atoms with Crippen LogP contribution in [0.5, 0.6) is 0 Å². The third-order valence-electron chi connectivity index (χ3n) is 3.22. The van der Waals surface area contributed by atoms with E-state index in [1.165, 1.54) is 12.3 Å². The van der Waals surface area contributed by atoms with Gasteiger partial charge in [-0.3, -0.25) is 9.59 Å². The number of nitrogens with one attached hydrogen (secondary N) is 1. The highest BCUT2D eigenvalue weighted by molar-refractivity contribution is 5.93. The molecule has 2 aromatic rings. The number of carboxylic acid groups (broad SMARTS) is 1. The summed E-state index contributed by atoms with van der Waals surface area (Å²) in [5, 5.41) is 15.3. The molecule has 3 rings (SSSR count). The van der Waals surface area contributed by atoms with Crippen molar-refractivity contribution in [1.29, 1.82) is 0 Å². The molecule has 0 aromatic carbocycles. The lowest BCUT2D eigenvalue weighted by molar-refractivity contribution is -0.140. The summed E-state index contributed by atoms with van der Waals surface area (Å²) in [6, 6.07) is 4.55. The van der Waals surface area contributed by atoms with Gasteiger partial charge in [0.05, 0.1) is 12.2 Å². The number of carbonyl (C=O) groups is 2. The Bertz CT molecular complexity index is 686. The topological polar surface area (TPSA) is 106 Å². The molecule has 2 N–H and O–H groups in total. The van der Waals surface area contributed by atoms with Crippen molar-refractivity contribution >= 4 is 11.9 Å². The molecule has 0 spiro atoms. The summed E-state index contributed by atoms with van der Waals surface area (Å²) in [4.78, 5) is 22.9. The Morgan fingerprint density at radius 3 is 2.86 bits per heavy atom. The van der Waals surface area contributed by atoms with Crippen LogP contribution in [0.1, 0.15) is 16.9 Å². The summed E-state index contributed by atoms with van der Waals surface area (Å²) < 4.78 is 10.2. The van der Waals surface area contributed by atoms with E-state index in [1.807, 2.05) is 0 Å². The third-order valence-corrected chi connectivity index (χ3v) is 3.22. The van der Waals surface area contributed by atoms with Crippen LogP contribution in [-0.4, -0.2) is 28.2 Å². The molecular weight excluding hydrogens is 276 g/mol. The second-order valence-electron chi connectivity index (χ2n) is 4.70. The normalized spacial score (nSPS) is 20.6. The maximum Gasteiger partial charge on any atom is 0.310 e. The van der Waals surface area contributed by atoms with Crippen molar-refractivity contribution < 1.29 is 23.6 Å². The molecular formula is C14H12N2O5. The van der Waals surface area contributed by atoms with Gasteiger partial charge in [-0.1, -0.05) is 17.3 Å². The Balaban J connectivity index is 1.64. The van der Waals surface area contributed by atoms with Crippen LogP contribution in [0.3, 0.4) is 0 Å². The minimum atomic E-state index is -0.899. The van der Waals surface area contributed by atoms with E-state index < -0.39 is 17.8 Å². The number of aromatic nitrogens is 1. The van der Waals surface area contributed by atoms with Crippen LogP contribution in [0.25, 0.3) is 11.5 Å². The molecule has 1 amide bonds. The average molecular weight is 288 g/mol. The molecule has 0 bridgehead atoms. The number of rotatable bonds is 4. The first-order chi connectivity index (χ1) is 10.1. The van der Waals surface area contributed by atoms with E-state index in [4.69, 9.17) is 14.0 Å². The highest BCUT2D eigenvalue weighted by Crippen LogP contribution is 2.21. The van der Waals surface area contributed by atoms with Crippen molar-refractivity contribution in [2.75, 3.05) is 0 Å². The molecule has 2 aromatic heterocycles. The zero-order valence-corrected chi connectivity index (χ0v) is 10.9. The van der Waals surface area contributed by atoms with Gasteiger partial charge in [-0.25, -0.2) is 0 Å². The van der Waals surface area contributed by atoms with Gasteiger partial charge in [-0.05, 0) is 18.6 Å². The highest BCUT2D eigenvalue weighted by Gasteiger charge is 2.26. The standard InChI is InChI=1S/C14H12N2O5/c17-13(15-9-4-3-8(6-9)14(18)19)10-7-12(21-16-10)11-2-1-5-20-11/h1-5,7-9H,6H2,(H,15,17)(H,18,19). The lowest BCUT2D eigenvalue weighted by Crippen LogP contribution is -2.33. The van der Waals surface area contributed by atoms with Crippen molar-refractivity contribution in [3.8, 4) is 11.5 Å². The average Bonchev–Trinajstić information content (AvgIpc) is 3.19. The van der Waals surface area contributed by atoms with Gasteiger partial charge in [-0.15, -0.1) is 0 Å². The van der Waals surface area contributed by atoms with Crippen molar-refractivity contribution in [2.45, 2.75) is 12.5 Å². The predicted molar refractivity (Wildman–Crippen MR) is 70.3 cm³/mol. The Kier molecular flexibility index (Phi) is 3.31.